The zero-order valence-corrected chi connectivity index (χ0v) is 13.0. The van der Waals surface area contributed by atoms with Gasteiger partial charge in [0.2, 0.25) is 0 Å². The highest BCUT2D eigenvalue weighted by Crippen LogP contribution is 2.78. The second-order valence-electron chi connectivity index (χ2n) is 7.28. The van der Waals surface area contributed by atoms with E-state index in [2.05, 4.69) is 0 Å². The summed E-state index contributed by atoms with van der Waals surface area (Å²) in [6, 6.07) is 0.343. The first-order valence-corrected chi connectivity index (χ1v) is 8.62. The van der Waals surface area contributed by atoms with Crippen LogP contribution in [0.1, 0.15) is 26.7 Å². The lowest BCUT2D eigenvalue weighted by atomic mass is 9.78. The van der Waals surface area contributed by atoms with Gasteiger partial charge in [0, 0.05) is 5.92 Å². The van der Waals surface area contributed by atoms with Gasteiger partial charge >= 0.3 is 12.2 Å². The Bertz CT molecular complexity index is 506. The predicted molar refractivity (Wildman–Crippen MR) is 75.5 cm³/mol. The Morgan fingerprint density at radius 1 is 0.818 bits per heavy atom. The molecule has 0 radical (unpaired) electrons. The largest absolute Gasteiger partial charge is 0.448 e. The standard InChI is InChI=1S/C16H22N2O4/c1-3-21-15(19)17-13-10-7-5-6-8-9(7)12(13)14(11(8)10)18(17)16(20)22-4-2/h7-14H,3-6H2,1-2H3. The van der Waals surface area contributed by atoms with Crippen molar-refractivity contribution in [2.75, 3.05) is 13.2 Å². The van der Waals surface area contributed by atoms with Crippen molar-refractivity contribution in [1.29, 1.82) is 0 Å². The molecule has 1 saturated heterocycles. The van der Waals surface area contributed by atoms with Crippen LogP contribution < -0.4 is 0 Å². The van der Waals surface area contributed by atoms with Crippen LogP contribution in [0.4, 0.5) is 9.59 Å². The number of rotatable bonds is 2. The second-order valence-corrected chi connectivity index (χ2v) is 7.28. The Morgan fingerprint density at radius 2 is 1.27 bits per heavy atom. The van der Waals surface area contributed by atoms with E-state index in [0.29, 0.717) is 31.0 Å². The van der Waals surface area contributed by atoms with Crippen molar-refractivity contribution in [2.24, 2.45) is 35.5 Å². The summed E-state index contributed by atoms with van der Waals surface area (Å²) < 4.78 is 10.5. The third kappa shape index (κ3) is 1.18. The summed E-state index contributed by atoms with van der Waals surface area (Å²) in [6.07, 6.45) is 1.86. The SMILES string of the molecule is CCOC(=O)N1C2C3C4CCC5C4C2C(C53)N1C(=O)OCC. The minimum absolute atomic E-state index is 0.171. The quantitative estimate of drug-likeness (QED) is 0.784. The molecular weight excluding hydrogens is 284 g/mol. The lowest BCUT2D eigenvalue weighted by Gasteiger charge is -2.45. The third-order valence-electron chi connectivity index (χ3n) is 6.98. The molecule has 5 saturated carbocycles. The summed E-state index contributed by atoms with van der Waals surface area (Å²) in [7, 11) is 0. The van der Waals surface area contributed by atoms with Crippen LogP contribution in [0.2, 0.25) is 0 Å². The smallest absolute Gasteiger partial charge is 0.429 e. The molecule has 6 unspecified atom stereocenters. The summed E-state index contributed by atoms with van der Waals surface area (Å²) in [5.74, 6) is 3.93. The number of amides is 2. The van der Waals surface area contributed by atoms with Crippen LogP contribution in [0.5, 0.6) is 0 Å². The Labute approximate surface area is 129 Å². The molecule has 0 spiro atoms. The van der Waals surface area contributed by atoms with Crippen molar-refractivity contribution in [3.8, 4) is 0 Å². The Kier molecular flexibility index (Phi) is 2.42. The first-order valence-electron chi connectivity index (χ1n) is 8.62. The van der Waals surface area contributed by atoms with E-state index in [1.54, 1.807) is 23.9 Å². The topological polar surface area (TPSA) is 59.1 Å². The van der Waals surface area contributed by atoms with Gasteiger partial charge in [-0.25, -0.2) is 19.6 Å². The lowest BCUT2D eigenvalue weighted by Crippen LogP contribution is -2.59. The first-order chi connectivity index (χ1) is 10.7. The zero-order valence-electron chi connectivity index (χ0n) is 13.0. The van der Waals surface area contributed by atoms with Crippen LogP contribution >= 0.6 is 0 Å². The van der Waals surface area contributed by atoms with E-state index < -0.39 is 0 Å². The highest BCUT2D eigenvalue weighted by atomic mass is 16.6. The fraction of sp³-hybridized carbons (Fsp3) is 0.875. The molecule has 2 amide bonds. The molecule has 1 heterocycles. The second kappa shape index (κ2) is 4.09. The summed E-state index contributed by atoms with van der Waals surface area (Å²) in [5.41, 5.74) is 0. The van der Waals surface area contributed by atoms with Crippen LogP contribution in [0.15, 0.2) is 0 Å². The van der Waals surface area contributed by atoms with Gasteiger partial charge in [0.1, 0.15) is 0 Å². The van der Waals surface area contributed by atoms with Crippen LogP contribution in [-0.4, -0.2) is 47.5 Å². The minimum atomic E-state index is -0.380. The van der Waals surface area contributed by atoms with E-state index in [9.17, 15) is 9.59 Å². The van der Waals surface area contributed by atoms with Crippen molar-refractivity contribution >= 4 is 12.2 Å². The molecular formula is C16H22N2O4. The number of hydrazine groups is 1. The van der Waals surface area contributed by atoms with Gasteiger partial charge in [0.25, 0.3) is 0 Å². The van der Waals surface area contributed by atoms with Crippen LogP contribution in [-0.2, 0) is 9.47 Å². The molecule has 1 aliphatic heterocycles. The summed E-state index contributed by atoms with van der Waals surface area (Å²) in [5, 5.41) is 3.24. The molecule has 5 aliphatic carbocycles. The van der Waals surface area contributed by atoms with E-state index in [4.69, 9.17) is 9.47 Å². The molecule has 6 fully saturated rings. The van der Waals surface area contributed by atoms with Crippen LogP contribution in [0, 0.1) is 35.5 Å². The van der Waals surface area contributed by atoms with E-state index >= 15 is 0 Å². The molecule has 0 aromatic heterocycles. The van der Waals surface area contributed by atoms with Crippen LogP contribution in [0.3, 0.4) is 0 Å². The number of hydrogen-bond donors (Lipinski definition) is 0. The van der Waals surface area contributed by atoms with Crippen molar-refractivity contribution in [3.63, 3.8) is 0 Å². The Hall–Kier alpha value is -1.46. The zero-order chi connectivity index (χ0) is 15.2. The van der Waals surface area contributed by atoms with Gasteiger partial charge in [-0.1, -0.05) is 0 Å². The van der Waals surface area contributed by atoms with Gasteiger partial charge in [-0.15, -0.1) is 0 Å². The van der Waals surface area contributed by atoms with Gasteiger partial charge in [0.15, 0.2) is 0 Å². The van der Waals surface area contributed by atoms with Crippen molar-refractivity contribution in [2.45, 2.75) is 38.8 Å². The normalized spacial score (nSPS) is 48.6. The maximum Gasteiger partial charge on any atom is 0.429 e. The van der Waals surface area contributed by atoms with Crippen molar-refractivity contribution < 1.29 is 19.1 Å². The third-order valence-corrected chi connectivity index (χ3v) is 6.98. The fourth-order valence-electron chi connectivity index (χ4n) is 7.00. The summed E-state index contributed by atoms with van der Waals surface area (Å²) in [4.78, 5) is 24.9. The summed E-state index contributed by atoms with van der Waals surface area (Å²) >= 11 is 0. The molecule has 6 rings (SSSR count). The van der Waals surface area contributed by atoms with E-state index in [1.807, 2.05) is 0 Å². The van der Waals surface area contributed by atoms with E-state index in [1.165, 1.54) is 12.8 Å². The number of nitrogens with zero attached hydrogens (tertiary/aromatic N) is 2. The summed E-state index contributed by atoms with van der Waals surface area (Å²) in [6.45, 7) is 4.26. The van der Waals surface area contributed by atoms with E-state index in [0.717, 1.165) is 17.8 Å². The van der Waals surface area contributed by atoms with Crippen LogP contribution in [0.25, 0.3) is 0 Å². The molecule has 6 atom stereocenters. The highest BCUT2D eigenvalue weighted by molar-refractivity contribution is 5.77. The Morgan fingerprint density at radius 3 is 1.68 bits per heavy atom. The van der Waals surface area contributed by atoms with Gasteiger partial charge in [-0.2, -0.15) is 0 Å². The van der Waals surface area contributed by atoms with Gasteiger partial charge < -0.3 is 9.47 Å². The maximum atomic E-state index is 12.5. The maximum absolute atomic E-state index is 12.5. The van der Waals surface area contributed by atoms with Crippen molar-refractivity contribution in [3.05, 3.63) is 0 Å². The van der Waals surface area contributed by atoms with Gasteiger partial charge in [0.05, 0.1) is 25.3 Å². The molecule has 6 aliphatic rings. The molecule has 120 valence electrons. The first kappa shape index (κ1) is 13.0. The predicted octanol–water partition coefficient (Wildman–Crippen LogP) is 2.10. The average Bonchev–Trinajstić information content (AvgIpc) is 3.27. The van der Waals surface area contributed by atoms with Gasteiger partial charge in [-0.3, -0.25) is 0 Å². The molecule has 6 heteroatoms. The number of carbonyl (C=O) groups is 2. The minimum Gasteiger partial charge on any atom is -0.448 e. The fourth-order valence-corrected chi connectivity index (χ4v) is 7.00. The monoisotopic (exact) mass is 306 g/mol. The average molecular weight is 306 g/mol. The van der Waals surface area contributed by atoms with Crippen molar-refractivity contribution in [1.82, 2.24) is 10.0 Å². The number of ether oxygens (including phenoxy) is 2. The lowest BCUT2D eigenvalue weighted by molar-refractivity contribution is -0.0827. The molecule has 0 aromatic carbocycles. The molecule has 6 nitrogen and oxygen atoms in total. The molecule has 22 heavy (non-hydrogen) atoms. The number of carbonyl (C=O) groups excluding carboxylic acids is 2. The highest BCUT2D eigenvalue weighted by Gasteiger charge is 2.83. The molecule has 8 bridgehead atoms. The van der Waals surface area contributed by atoms with Gasteiger partial charge in [-0.05, 0) is 56.3 Å². The molecule has 0 N–H and O–H groups in total. The van der Waals surface area contributed by atoms with E-state index in [-0.39, 0.29) is 24.3 Å². The molecule has 0 aromatic rings. The Balaban J connectivity index is 1.52. The number of hydrogen-bond acceptors (Lipinski definition) is 4.